The molecule has 138 valence electrons. The van der Waals surface area contributed by atoms with Gasteiger partial charge in [-0.05, 0) is 12.5 Å². The number of aromatic nitrogens is 1. The van der Waals surface area contributed by atoms with E-state index in [0.29, 0.717) is 12.5 Å². The molecule has 1 spiro atoms. The quantitative estimate of drug-likeness (QED) is 0.761. The molecule has 0 radical (unpaired) electrons. The molecule has 0 aliphatic carbocycles. The van der Waals surface area contributed by atoms with Gasteiger partial charge in [-0.2, -0.15) is 0 Å². The van der Waals surface area contributed by atoms with Gasteiger partial charge in [-0.15, -0.1) is 0 Å². The number of carbonyl (C=O) groups excluding carboxylic acids is 1. The molecule has 2 aliphatic rings. The molecule has 1 atom stereocenters. The van der Waals surface area contributed by atoms with Gasteiger partial charge in [-0.1, -0.05) is 6.07 Å². The Kier molecular flexibility index (Phi) is 5.56. The molecule has 7 heteroatoms. The summed E-state index contributed by atoms with van der Waals surface area (Å²) in [5, 5.41) is 0. The second-order valence-corrected chi connectivity index (χ2v) is 7.06. The highest BCUT2D eigenvalue weighted by Gasteiger charge is 2.47. The molecule has 0 aromatic carbocycles. The fourth-order valence-corrected chi connectivity index (χ4v) is 3.51. The summed E-state index contributed by atoms with van der Waals surface area (Å²) in [7, 11) is 5.13. The van der Waals surface area contributed by atoms with Crippen LogP contribution >= 0.6 is 0 Å². The standard InChI is InChI=1S/C18H27N3O4/c1-20(2)16(22)11-24-15-6-8-25-18(9-15)12-21(13-18)10-14-5-4-7-19-17(14)23-3/h4-5,7,15H,6,8-13H2,1-3H3/t15-/m1/s1. The molecule has 0 saturated carbocycles. The Bertz CT molecular complexity index is 602. The van der Waals surface area contributed by atoms with E-state index in [9.17, 15) is 4.79 Å². The lowest BCUT2D eigenvalue weighted by atomic mass is 9.84. The molecule has 2 saturated heterocycles. The fraction of sp³-hybridized carbons (Fsp3) is 0.667. The number of amides is 1. The number of likely N-dealkylation sites (N-methyl/N-ethyl adjacent to an activating group) is 1. The minimum atomic E-state index is -0.139. The van der Waals surface area contributed by atoms with E-state index >= 15 is 0 Å². The van der Waals surface area contributed by atoms with Crippen molar-refractivity contribution >= 4 is 5.91 Å². The zero-order chi connectivity index (χ0) is 17.9. The number of nitrogens with zero attached hydrogens (tertiary/aromatic N) is 3. The van der Waals surface area contributed by atoms with Gasteiger partial charge in [-0.3, -0.25) is 9.69 Å². The molecule has 2 fully saturated rings. The lowest BCUT2D eigenvalue weighted by Crippen LogP contribution is -2.65. The van der Waals surface area contributed by atoms with E-state index in [1.807, 2.05) is 12.1 Å². The summed E-state index contributed by atoms with van der Waals surface area (Å²) in [5.74, 6) is 0.677. The Hall–Kier alpha value is -1.70. The topological polar surface area (TPSA) is 64.1 Å². The summed E-state index contributed by atoms with van der Waals surface area (Å²) in [6, 6.07) is 3.97. The number of carbonyl (C=O) groups is 1. The van der Waals surface area contributed by atoms with Crippen LogP contribution in [0.1, 0.15) is 18.4 Å². The molecular weight excluding hydrogens is 322 g/mol. The average molecular weight is 349 g/mol. The predicted octanol–water partition coefficient (Wildman–Crippen LogP) is 0.928. The van der Waals surface area contributed by atoms with Crippen molar-refractivity contribution in [1.29, 1.82) is 0 Å². The highest BCUT2D eigenvalue weighted by molar-refractivity contribution is 5.76. The highest BCUT2D eigenvalue weighted by atomic mass is 16.5. The number of ether oxygens (including phenoxy) is 3. The fourth-order valence-electron chi connectivity index (χ4n) is 3.51. The van der Waals surface area contributed by atoms with Crippen LogP contribution in [0.25, 0.3) is 0 Å². The first kappa shape index (κ1) is 18.1. The van der Waals surface area contributed by atoms with E-state index < -0.39 is 0 Å². The third-order valence-corrected chi connectivity index (χ3v) is 4.85. The summed E-state index contributed by atoms with van der Waals surface area (Å²) in [6.07, 6.45) is 3.52. The number of hydrogen-bond acceptors (Lipinski definition) is 6. The third-order valence-electron chi connectivity index (χ3n) is 4.85. The molecule has 3 rings (SSSR count). The largest absolute Gasteiger partial charge is 0.481 e. The SMILES string of the molecule is COc1ncccc1CN1CC2(C[C@H](OCC(=O)N(C)C)CCO2)C1. The number of likely N-dealkylation sites (tertiary alicyclic amines) is 1. The number of methoxy groups -OCH3 is 1. The van der Waals surface area contributed by atoms with Crippen LogP contribution in [0.2, 0.25) is 0 Å². The van der Waals surface area contributed by atoms with Gasteiger partial charge in [0.25, 0.3) is 0 Å². The van der Waals surface area contributed by atoms with Crippen LogP contribution in [0, 0.1) is 0 Å². The predicted molar refractivity (Wildman–Crippen MR) is 92.4 cm³/mol. The minimum Gasteiger partial charge on any atom is -0.481 e. The molecule has 1 aromatic heterocycles. The maximum atomic E-state index is 11.7. The number of hydrogen-bond donors (Lipinski definition) is 0. The summed E-state index contributed by atoms with van der Waals surface area (Å²) in [5.41, 5.74) is 0.944. The van der Waals surface area contributed by atoms with E-state index in [1.54, 1.807) is 32.3 Å². The van der Waals surface area contributed by atoms with E-state index in [-0.39, 0.29) is 24.2 Å². The van der Waals surface area contributed by atoms with Gasteiger partial charge < -0.3 is 19.1 Å². The van der Waals surface area contributed by atoms with Crippen LogP contribution in [0.5, 0.6) is 5.88 Å². The van der Waals surface area contributed by atoms with E-state index in [4.69, 9.17) is 14.2 Å². The summed E-state index contributed by atoms with van der Waals surface area (Å²) in [6.45, 7) is 3.36. The summed E-state index contributed by atoms with van der Waals surface area (Å²) in [4.78, 5) is 19.8. The Morgan fingerprint density at radius 1 is 1.48 bits per heavy atom. The molecule has 25 heavy (non-hydrogen) atoms. The Labute approximate surface area is 148 Å². The number of rotatable bonds is 6. The van der Waals surface area contributed by atoms with Gasteiger partial charge in [0.2, 0.25) is 11.8 Å². The maximum Gasteiger partial charge on any atom is 0.248 e. The first-order valence-electron chi connectivity index (χ1n) is 8.67. The molecular formula is C18H27N3O4. The van der Waals surface area contributed by atoms with Crippen LogP contribution in [-0.4, -0.2) is 79.9 Å². The van der Waals surface area contributed by atoms with Crippen LogP contribution in [0.3, 0.4) is 0 Å². The second kappa shape index (κ2) is 7.68. The Balaban J connectivity index is 1.49. The van der Waals surface area contributed by atoms with E-state index in [0.717, 1.165) is 38.0 Å². The molecule has 7 nitrogen and oxygen atoms in total. The van der Waals surface area contributed by atoms with Crippen molar-refractivity contribution in [3.63, 3.8) is 0 Å². The lowest BCUT2D eigenvalue weighted by Gasteiger charge is -2.53. The van der Waals surface area contributed by atoms with E-state index in [2.05, 4.69) is 9.88 Å². The van der Waals surface area contributed by atoms with Crippen LogP contribution in [0.4, 0.5) is 0 Å². The Morgan fingerprint density at radius 3 is 3.00 bits per heavy atom. The first-order chi connectivity index (χ1) is 12.0. The molecule has 0 N–H and O–H groups in total. The van der Waals surface area contributed by atoms with Crippen molar-refractivity contribution in [2.75, 3.05) is 47.5 Å². The second-order valence-electron chi connectivity index (χ2n) is 7.06. The van der Waals surface area contributed by atoms with Crippen LogP contribution in [0.15, 0.2) is 18.3 Å². The van der Waals surface area contributed by atoms with Crippen molar-refractivity contribution < 1.29 is 19.0 Å². The summed E-state index contributed by atoms with van der Waals surface area (Å²) >= 11 is 0. The van der Waals surface area contributed by atoms with Crippen molar-refractivity contribution in [3.05, 3.63) is 23.9 Å². The zero-order valence-corrected chi connectivity index (χ0v) is 15.2. The third kappa shape index (κ3) is 4.29. The van der Waals surface area contributed by atoms with Crippen molar-refractivity contribution in [2.45, 2.75) is 31.1 Å². The molecule has 1 amide bonds. The van der Waals surface area contributed by atoms with Crippen LogP contribution in [-0.2, 0) is 20.8 Å². The average Bonchev–Trinajstić information content (AvgIpc) is 2.59. The monoisotopic (exact) mass is 349 g/mol. The highest BCUT2D eigenvalue weighted by Crippen LogP contribution is 2.36. The lowest BCUT2D eigenvalue weighted by molar-refractivity contribution is -0.200. The van der Waals surface area contributed by atoms with Crippen molar-refractivity contribution in [2.24, 2.45) is 0 Å². The normalized spacial score (nSPS) is 22.4. The van der Waals surface area contributed by atoms with Gasteiger partial charge in [0.15, 0.2) is 0 Å². The molecule has 3 heterocycles. The zero-order valence-electron chi connectivity index (χ0n) is 15.2. The number of pyridine rings is 1. The molecule has 0 unspecified atom stereocenters. The van der Waals surface area contributed by atoms with Gasteiger partial charge in [0, 0.05) is 58.5 Å². The first-order valence-corrected chi connectivity index (χ1v) is 8.67. The minimum absolute atomic E-state index is 0.000509. The van der Waals surface area contributed by atoms with Gasteiger partial charge in [0.1, 0.15) is 6.61 Å². The van der Waals surface area contributed by atoms with Gasteiger partial charge >= 0.3 is 0 Å². The van der Waals surface area contributed by atoms with Crippen molar-refractivity contribution in [1.82, 2.24) is 14.8 Å². The van der Waals surface area contributed by atoms with Crippen molar-refractivity contribution in [3.8, 4) is 5.88 Å². The Morgan fingerprint density at radius 2 is 2.28 bits per heavy atom. The molecule has 0 bridgehead atoms. The van der Waals surface area contributed by atoms with E-state index in [1.165, 1.54) is 0 Å². The maximum absolute atomic E-state index is 11.7. The molecule has 2 aliphatic heterocycles. The molecule has 1 aromatic rings. The van der Waals surface area contributed by atoms with Crippen LogP contribution < -0.4 is 4.74 Å². The van der Waals surface area contributed by atoms with Gasteiger partial charge in [0.05, 0.1) is 18.8 Å². The smallest absolute Gasteiger partial charge is 0.248 e. The van der Waals surface area contributed by atoms with Gasteiger partial charge in [-0.25, -0.2) is 4.98 Å². The summed E-state index contributed by atoms with van der Waals surface area (Å²) < 4.78 is 17.2.